The Kier molecular flexibility index (Phi) is 3.25. The Labute approximate surface area is 128 Å². The van der Waals surface area contributed by atoms with E-state index >= 15 is 0 Å². The van der Waals surface area contributed by atoms with Crippen molar-refractivity contribution in [2.75, 3.05) is 12.4 Å². The Bertz CT molecular complexity index is 737. The Morgan fingerprint density at radius 1 is 1.35 bits per heavy atom. The Morgan fingerprint density at radius 3 is 2.90 bits per heavy atom. The van der Waals surface area contributed by atoms with E-state index in [1.165, 1.54) is 6.07 Å². The van der Waals surface area contributed by atoms with Crippen LogP contribution in [0.3, 0.4) is 0 Å². The highest BCUT2D eigenvalue weighted by Gasteiger charge is 2.28. The third-order valence-corrected chi connectivity index (χ3v) is 4.16. The van der Waals surface area contributed by atoms with Crippen molar-refractivity contribution in [3.8, 4) is 5.75 Å². The van der Waals surface area contributed by atoms with Gasteiger partial charge in [-0.2, -0.15) is 0 Å². The molecule has 2 heterocycles. The van der Waals surface area contributed by atoms with Crippen molar-refractivity contribution in [3.05, 3.63) is 45.0 Å². The van der Waals surface area contributed by atoms with Crippen LogP contribution in [0.1, 0.15) is 11.3 Å². The average Bonchev–Trinajstić information content (AvgIpc) is 3.00. The number of carbonyl (C=O) groups excluding carboxylic acids is 1. The Hall–Kier alpha value is -1.83. The van der Waals surface area contributed by atoms with Crippen LogP contribution in [-0.2, 0) is 4.79 Å². The van der Waals surface area contributed by atoms with Gasteiger partial charge in [0, 0.05) is 11.8 Å². The molecule has 4 nitrogen and oxygen atoms in total. The van der Waals surface area contributed by atoms with Crippen molar-refractivity contribution >= 4 is 45.8 Å². The molecule has 1 aromatic carbocycles. The smallest absolute Gasteiger partial charge is 0.256 e. The first-order valence-electron chi connectivity index (χ1n) is 5.84. The number of anilines is 1. The standard InChI is InChI=1S/C14H10FIN2O2/c1-20-11-4-5-17-10(11)6-7-12-9(18-14(7)19)3-2-8(15)13(12)16/h2-6,17H,1H3,(H,18,19)/b7-6-. The summed E-state index contributed by atoms with van der Waals surface area (Å²) in [6.07, 6.45) is 3.39. The van der Waals surface area contributed by atoms with Crippen molar-refractivity contribution in [2.45, 2.75) is 0 Å². The van der Waals surface area contributed by atoms with Crippen LogP contribution in [-0.4, -0.2) is 18.0 Å². The number of H-pyrrole nitrogens is 1. The maximum Gasteiger partial charge on any atom is 0.256 e. The summed E-state index contributed by atoms with van der Waals surface area (Å²) in [6.45, 7) is 0. The predicted octanol–water partition coefficient (Wildman–Crippen LogP) is 3.26. The number of aromatic amines is 1. The summed E-state index contributed by atoms with van der Waals surface area (Å²) in [6, 6.07) is 4.67. The molecule has 1 aromatic heterocycles. The predicted molar refractivity (Wildman–Crippen MR) is 83.0 cm³/mol. The second-order valence-electron chi connectivity index (χ2n) is 4.26. The minimum atomic E-state index is -0.342. The number of benzene rings is 1. The summed E-state index contributed by atoms with van der Waals surface area (Å²) in [5.41, 5.74) is 2.31. The van der Waals surface area contributed by atoms with E-state index in [9.17, 15) is 9.18 Å². The minimum Gasteiger partial charge on any atom is -0.495 e. The topological polar surface area (TPSA) is 54.1 Å². The van der Waals surface area contributed by atoms with Gasteiger partial charge in [0.15, 0.2) is 0 Å². The van der Waals surface area contributed by atoms with Gasteiger partial charge >= 0.3 is 0 Å². The maximum absolute atomic E-state index is 13.7. The summed E-state index contributed by atoms with van der Waals surface area (Å²) in [5.74, 6) is 0.0375. The van der Waals surface area contributed by atoms with Gasteiger partial charge in [-0.05, 0) is 46.9 Å². The molecule has 0 unspecified atom stereocenters. The highest BCUT2D eigenvalue weighted by molar-refractivity contribution is 14.1. The molecule has 1 aliphatic rings. The molecule has 2 aromatic rings. The molecule has 102 valence electrons. The number of carbonyl (C=O) groups is 1. The fourth-order valence-electron chi connectivity index (χ4n) is 2.16. The number of fused-ring (bicyclic) bond motifs is 1. The van der Waals surface area contributed by atoms with Gasteiger partial charge in [-0.1, -0.05) is 0 Å². The number of ether oxygens (including phenoxy) is 1. The van der Waals surface area contributed by atoms with Crippen LogP contribution in [0.2, 0.25) is 0 Å². The van der Waals surface area contributed by atoms with Gasteiger partial charge in [0.1, 0.15) is 11.6 Å². The molecule has 0 saturated heterocycles. The Morgan fingerprint density at radius 2 is 2.15 bits per heavy atom. The van der Waals surface area contributed by atoms with Gasteiger partial charge in [-0.25, -0.2) is 4.39 Å². The van der Waals surface area contributed by atoms with Gasteiger partial charge < -0.3 is 15.0 Å². The van der Waals surface area contributed by atoms with Crippen LogP contribution in [0.4, 0.5) is 10.1 Å². The van der Waals surface area contributed by atoms with E-state index in [0.29, 0.717) is 31.8 Å². The van der Waals surface area contributed by atoms with Crippen LogP contribution in [0.5, 0.6) is 5.75 Å². The second-order valence-corrected chi connectivity index (χ2v) is 5.33. The third kappa shape index (κ3) is 2.00. The summed E-state index contributed by atoms with van der Waals surface area (Å²) in [4.78, 5) is 15.1. The molecule has 0 fully saturated rings. The van der Waals surface area contributed by atoms with Crippen molar-refractivity contribution in [3.63, 3.8) is 0 Å². The molecule has 2 N–H and O–H groups in total. The summed E-state index contributed by atoms with van der Waals surface area (Å²) >= 11 is 1.91. The molecular weight excluding hydrogens is 374 g/mol. The molecule has 0 saturated carbocycles. The van der Waals surface area contributed by atoms with Gasteiger partial charge in [-0.3, -0.25) is 4.79 Å². The van der Waals surface area contributed by atoms with Crippen molar-refractivity contribution < 1.29 is 13.9 Å². The molecule has 3 rings (SSSR count). The summed E-state index contributed by atoms with van der Waals surface area (Å²) in [5, 5.41) is 2.73. The second kappa shape index (κ2) is 4.93. The summed E-state index contributed by atoms with van der Waals surface area (Å²) in [7, 11) is 1.55. The maximum atomic E-state index is 13.7. The van der Waals surface area contributed by atoms with E-state index in [1.807, 2.05) is 22.6 Å². The van der Waals surface area contributed by atoms with Gasteiger partial charge in [0.05, 0.1) is 27.6 Å². The van der Waals surface area contributed by atoms with Crippen molar-refractivity contribution in [1.82, 2.24) is 4.98 Å². The number of halogens is 2. The Balaban J connectivity index is 2.17. The zero-order valence-electron chi connectivity index (χ0n) is 10.5. The van der Waals surface area contributed by atoms with Crippen LogP contribution >= 0.6 is 22.6 Å². The van der Waals surface area contributed by atoms with Gasteiger partial charge in [0.2, 0.25) is 0 Å². The molecule has 1 amide bonds. The molecule has 0 bridgehead atoms. The number of nitrogens with one attached hydrogen (secondary N) is 2. The van der Waals surface area contributed by atoms with Crippen LogP contribution in [0.25, 0.3) is 11.6 Å². The fourth-order valence-corrected chi connectivity index (χ4v) is 2.92. The SMILES string of the molecule is COc1cc[nH]c1/C=C1\C(=O)Nc2ccc(F)c(I)c21. The molecule has 0 aliphatic carbocycles. The quantitative estimate of drug-likeness (QED) is 0.617. The molecule has 0 atom stereocenters. The normalized spacial score (nSPS) is 15.3. The zero-order chi connectivity index (χ0) is 14.3. The fraction of sp³-hybridized carbons (Fsp3) is 0.0714. The highest BCUT2D eigenvalue weighted by Crippen LogP contribution is 2.38. The van der Waals surface area contributed by atoms with Crippen molar-refractivity contribution in [2.24, 2.45) is 0 Å². The lowest BCUT2D eigenvalue weighted by atomic mass is 10.1. The first-order valence-corrected chi connectivity index (χ1v) is 6.92. The monoisotopic (exact) mass is 384 g/mol. The molecule has 6 heteroatoms. The van der Waals surface area contributed by atoms with Gasteiger partial charge in [-0.15, -0.1) is 0 Å². The number of aromatic nitrogens is 1. The molecule has 0 radical (unpaired) electrons. The van der Waals surface area contributed by atoms with E-state index < -0.39 is 0 Å². The van der Waals surface area contributed by atoms with Crippen LogP contribution in [0, 0.1) is 9.39 Å². The van der Waals surface area contributed by atoms with Crippen LogP contribution in [0.15, 0.2) is 24.4 Å². The first kappa shape index (κ1) is 13.2. The van der Waals surface area contributed by atoms with E-state index in [2.05, 4.69) is 10.3 Å². The zero-order valence-corrected chi connectivity index (χ0v) is 12.6. The third-order valence-electron chi connectivity index (χ3n) is 3.10. The largest absolute Gasteiger partial charge is 0.495 e. The first-order chi connectivity index (χ1) is 9.61. The number of hydrogen-bond acceptors (Lipinski definition) is 2. The van der Waals surface area contributed by atoms with E-state index in [-0.39, 0.29) is 11.7 Å². The molecule has 20 heavy (non-hydrogen) atoms. The molecule has 0 spiro atoms. The lowest BCUT2D eigenvalue weighted by molar-refractivity contribution is -0.110. The molecule has 1 aliphatic heterocycles. The minimum absolute atomic E-state index is 0.250. The highest BCUT2D eigenvalue weighted by atomic mass is 127. The number of amides is 1. The lowest BCUT2D eigenvalue weighted by Crippen LogP contribution is -2.03. The van der Waals surface area contributed by atoms with E-state index in [4.69, 9.17) is 4.74 Å². The number of hydrogen-bond donors (Lipinski definition) is 2. The van der Waals surface area contributed by atoms with Crippen molar-refractivity contribution in [1.29, 1.82) is 0 Å². The van der Waals surface area contributed by atoms with E-state index in [0.717, 1.165) is 0 Å². The number of rotatable bonds is 2. The summed E-state index contributed by atoms with van der Waals surface area (Å²) < 4.78 is 19.3. The van der Waals surface area contributed by atoms with Gasteiger partial charge in [0.25, 0.3) is 5.91 Å². The van der Waals surface area contributed by atoms with E-state index in [1.54, 1.807) is 31.5 Å². The average molecular weight is 384 g/mol. The van der Waals surface area contributed by atoms with Crippen LogP contribution < -0.4 is 10.1 Å². The lowest BCUT2D eigenvalue weighted by Gasteiger charge is -2.03. The number of methoxy groups -OCH3 is 1. The molecular formula is C14H10FIN2O2.